The number of ether oxygens (including phenoxy) is 3. The number of esters is 2. The Balaban J connectivity index is 2.14. The van der Waals surface area contributed by atoms with Crippen molar-refractivity contribution in [2.24, 2.45) is 0 Å². The van der Waals surface area contributed by atoms with Gasteiger partial charge in [0.05, 0.1) is 18.8 Å². The molecule has 1 aliphatic heterocycles. The number of rotatable bonds is 7. The Morgan fingerprint density at radius 2 is 1.77 bits per heavy atom. The molecule has 8 nitrogen and oxygen atoms in total. The summed E-state index contributed by atoms with van der Waals surface area (Å²) in [6.45, 7) is 4.89. The molecule has 0 spiro atoms. The fourth-order valence-corrected chi connectivity index (χ4v) is 4.06. The molecule has 0 aromatic heterocycles. The molecular weight excluding hydrogens is 402 g/mol. The van der Waals surface area contributed by atoms with Gasteiger partial charge < -0.3 is 24.6 Å². The Labute approximate surface area is 181 Å². The quantitative estimate of drug-likeness (QED) is 0.500. The van der Waals surface area contributed by atoms with Crippen LogP contribution in [0.15, 0.2) is 23.6 Å². The number of hydrogen-bond acceptors (Lipinski definition) is 8. The van der Waals surface area contributed by atoms with Gasteiger partial charge in [-0.15, -0.1) is 0 Å². The van der Waals surface area contributed by atoms with Crippen LogP contribution in [0.25, 0.3) is 0 Å². The van der Waals surface area contributed by atoms with E-state index in [1.807, 2.05) is 0 Å². The van der Waals surface area contributed by atoms with E-state index >= 15 is 0 Å². The van der Waals surface area contributed by atoms with Crippen LogP contribution in [0.5, 0.6) is 11.5 Å². The van der Waals surface area contributed by atoms with Gasteiger partial charge in [-0.3, -0.25) is 9.59 Å². The number of aromatic hydroxyl groups is 1. The number of carbonyl (C=O) groups is 3. The minimum absolute atomic E-state index is 0.0126. The molecule has 0 bridgehead atoms. The summed E-state index contributed by atoms with van der Waals surface area (Å²) in [5.41, 5.74) is 0.320. The minimum atomic E-state index is -1.15. The van der Waals surface area contributed by atoms with Crippen LogP contribution in [0.1, 0.15) is 74.7 Å². The molecule has 2 N–H and O–H groups in total. The number of phenolic OH excluding ortho intramolecular Hbond substituents is 1. The fourth-order valence-electron chi connectivity index (χ4n) is 4.06. The number of fused-ring (bicyclic) bond motifs is 1. The maximum Gasteiger partial charge on any atom is 0.340 e. The Hall–Kier alpha value is -3.03. The molecule has 1 heterocycles. The van der Waals surface area contributed by atoms with E-state index in [0.717, 1.165) is 32.1 Å². The van der Waals surface area contributed by atoms with Gasteiger partial charge in [-0.2, -0.15) is 0 Å². The summed E-state index contributed by atoms with van der Waals surface area (Å²) in [5.74, 6) is -2.81. The maximum absolute atomic E-state index is 13.0. The molecular formula is C23H29NO7. The smallest absolute Gasteiger partial charge is 0.340 e. The third kappa shape index (κ3) is 4.84. The molecule has 8 heteroatoms. The fraction of sp³-hybridized carbons (Fsp3) is 0.522. The first-order valence-electron chi connectivity index (χ1n) is 10.8. The molecule has 1 aromatic rings. The van der Waals surface area contributed by atoms with E-state index in [-0.39, 0.29) is 59.1 Å². The van der Waals surface area contributed by atoms with Crippen molar-refractivity contribution in [1.29, 1.82) is 0 Å². The molecule has 1 aliphatic carbocycles. The lowest BCUT2D eigenvalue weighted by molar-refractivity contribution is -0.148. The van der Waals surface area contributed by atoms with E-state index in [1.165, 1.54) is 19.1 Å². The van der Waals surface area contributed by atoms with Crippen LogP contribution in [-0.4, -0.2) is 42.1 Å². The summed E-state index contributed by atoms with van der Waals surface area (Å²) in [4.78, 5) is 37.9. The van der Waals surface area contributed by atoms with Gasteiger partial charge in [-0.1, -0.05) is 19.3 Å². The molecule has 1 saturated carbocycles. The predicted molar refractivity (Wildman–Crippen MR) is 112 cm³/mol. The minimum Gasteiger partial charge on any atom is -0.507 e. The largest absolute Gasteiger partial charge is 0.507 e. The standard InChI is InChI=1S/C23H29NO7/c1-4-29-22(27)19-16-11-15(13(3)25)17(26)12-18(16)31-21(20(19)23(28)30-5-2)24-14-9-7-6-8-10-14/h11-12,14,19,24,26H,4-10H2,1-3H3. The highest BCUT2D eigenvalue weighted by atomic mass is 16.5. The van der Waals surface area contributed by atoms with E-state index in [9.17, 15) is 19.5 Å². The Morgan fingerprint density at radius 1 is 1.10 bits per heavy atom. The molecule has 168 valence electrons. The van der Waals surface area contributed by atoms with Crippen molar-refractivity contribution in [3.8, 4) is 11.5 Å². The van der Waals surface area contributed by atoms with Gasteiger partial charge in [-0.05, 0) is 39.7 Å². The lowest BCUT2D eigenvalue weighted by Gasteiger charge is -2.32. The number of hydrogen-bond donors (Lipinski definition) is 2. The highest BCUT2D eigenvalue weighted by Gasteiger charge is 2.42. The van der Waals surface area contributed by atoms with Crippen LogP contribution in [-0.2, 0) is 19.1 Å². The van der Waals surface area contributed by atoms with Crippen molar-refractivity contribution in [3.05, 3.63) is 34.7 Å². The summed E-state index contributed by atoms with van der Waals surface area (Å²) in [6, 6.07) is 2.76. The van der Waals surface area contributed by atoms with Crippen LogP contribution in [0, 0.1) is 0 Å². The Kier molecular flexibility index (Phi) is 7.20. The van der Waals surface area contributed by atoms with E-state index in [1.54, 1.807) is 13.8 Å². The van der Waals surface area contributed by atoms with E-state index < -0.39 is 17.9 Å². The summed E-state index contributed by atoms with van der Waals surface area (Å²) in [6.07, 6.45) is 5.09. The van der Waals surface area contributed by atoms with Crippen LogP contribution in [0.3, 0.4) is 0 Å². The highest BCUT2D eigenvalue weighted by Crippen LogP contribution is 2.43. The highest BCUT2D eigenvalue weighted by molar-refractivity contribution is 6.02. The summed E-state index contributed by atoms with van der Waals surface area (Å²) >= 11 is 0. The lowest BCUT2D eigenvalue weighted by Crippen LogP contribution is -2.39. The van der Waals surface area contributed by atoms with Crippen LogP contribution >= 0.6 is 0 Å². The van der Waals surface area contributed by atoms with Crippen molar-refractivity contribution in [3.63, 3.8) is 0 Å². The second-order valence-electron chi connectivity index (χ2n) is 7.69. The Morgan fingerprint density at radius 3 is 2.39 bits per heavy atom. The molecule has 0 amide bonds. The molecule has 1 aromatic carbocycles. The number of Topliss-reactive ketones (excluding diaryl/α,β-unsaturated/α-hetero) is 1. The molecule has 0 radical (unpaired) electrons. The van der Waals surface area contributed by atoms with Gasteiger partial charge in [0.2, 0.25) is 5.88 Å². The number of nitrogens with one attached hydrogen (secondary N) is 1. The van der Waals surface area contributed by atoms with Crippen molar-refractivity contribution in [2.45, 2.75) is 64.8 Å². The first-order valence-corrected chi connectivity index (χ1v) is 10.8. The molecule has 0 saturated heterocycles. The SMILES string of the molecule is CCOC(=O)C1=C(NC2CCCCC2)Oc2cc(O)c(C(C)=O)cc2C1C(=O)OCC. The predicted octanol–water partition coefficient (Wildman–Crippen LogP) is 3.33. The van der Waals surface area contributed by atoms with Crippen molar-refractivity contribution in [1.82, 2.24) is 5.32 Å². The number of ketones is 1. The number of phenols is 1. The van der Waals surface area contributed by atoms with Gasteiger partial charge in [0.25, 0.3) is 0 Å². The first kappa shape index (κ1) is 22.7. The van der Waals surface area contributed by atoms with Crippen molar-refractivity contribution < 1.29 is 33.7 Å². The summed E-state index contributed by atoms with van der Waals surface area (Å²) in [5, 5.41) is 13.6. The lowest BCUT2D eigenvalue weighted by atomic mass is 9.86. The Bertz CT molecular complexity index is 899. The first-order chi connectivity index (χ1) is 14.9. The molecule has 1 atom stereocenters. The number of benzene rings is 1. The topological polar surface area (TPSA) is 111 Å². The van der Waals surface area contributed by atoms with Crippen LogP contribution in [0.4, 0.5) is 0 Å². The third-order valence-electron chi connectivity index (χ3n) is 5.52. The second kappa shape index (κ2) is 9.85. The number of carbonyl (C=O) groups excluding carboxylic acids is 3. The summed E-state index contributed by atoms with van der Waals surface area (Å²) < 4.78 is 16.5. The average Bonchev–Trinajstić information content (AvgIpc) is 2.73. The van der Waals surface area contributed by atoms with Crippen molar-refractivity contribution in [2.75, 3.05) is 13.2 Å². The zero-order chi connectivity index (χ0) is 22.5. The van der Waals surface area contributed by atoms with E-state index in [2.05, 4.69) is 5.32 Å². The normalized spacial score (nSPS) is 18.6. The van der Waals surface area contributed by atoms with Gasteiger partial charge >= 0.3 is 11.9 Å². The maximum atomic E-state index is 13.0. The van der Waals surface area contributed by atoms with Gasteiger partial charge in [0.1, 0.15) is 23.0 Å². The monoisotopic (exact) mass is 431 g/mol. The molecule has 1 unspecified atom stereocenters. The van der Waals surface area contributed by atoms with E-state index in [0.29, 0.717) is 0 Å². The zero-order valence-electron chi connectivity index (χ0n) is 18.2. The molecule has 2 aliphatic rings. The van der Waals surface area contributed by atoms with Gasteiger partial charge in [0.15, 0.2) is 5.78 Å². The van der Waals surface area contributed by atoms with Gasteiger partial charge in [0, 0.05) is 17.7 Å². The molecule has 1 fully saturated rings. The van der Waals surface area contributed by atoms with Crippen molar-refractivity contribution >= 4 is 17.7 Å². The third-order valence-corrected chi connectivity index (χ3v) is 5.52. The van der Waals surface area contributed by atoms with Crippen LogP contribution in [0.2, 0.25) is 0 Å². The second-order valence-corrected chi connectivity index (χ2v) is 7.69. The van der Waals surface area contributed by atoms with Gasteiger partial charge in [-0.25, -0.2) is 4.79 Å². The summed E-state index contributed by atoms with van der Waals surface area (Å²) in [7, 11) is 0. The zero-order valence-corrected chi connectivity index (χ0v) is 18.2. The van der Waals surface area contributed by atoms with Crippen LogP contribution < -0.4 is 10.1 Å². The molecule has 3 rings (SSSR count). The van der Waals surface area contributed by atoms with E-state index in [4.69, 9.17) is 14.2 Å². The average molecular weight is 431 g/mol. The molecule has 31 heavy (non-hydrogen) atoms.